The normalized spacial score (nSPS) is 17.8. The van der Waals surface area contributed by atoms with Gasteiger partial charge in [-0.05, 0) is 41.8 Å². The van der Waals surface area contributed by atoms with Gasteiger partial charge in [0.15, 0.2) is 0 Å². The predicted octanol–water partition coefficient (Wildman–Crippen LogP) is 1.10. The Hall–Kier alpha value is -4.05. The summed E-state index contributed by atoms with van der Waals surface area (Å²) in [5, 5.41) is 19.7. The first-order valence-electron chi connectivity index (χ1n) is 10.5. The second-order valence-electron chi connectivity index (χ2n) is 7.99. The molecule has 1 saturated heterocycles. The molecule has 3 heterocycles. The molecule has 0 spiro atoms. The number of nitrogens with zero attached hydrogens (tertiary/aromatic N) is 4. The van der Waals surface area contributed by atoms with Gasteiger partial charge in [0.25, 0.3) is 5.91 Å². The molecular weight excluding hydrogens is 426 g/mol. The lowest BCUT2D eigenvalue weighted by Crippen LogP contribution is -2.52. The number of amides is 3. The molecule has 3 aromatic rings. The number of aromatic nitrogens is 3. The van der Waals surface area contributed by atoms with Crippen molar-refractivity contribution >= 4 is 17.7 Å². The second-order valence-corrected chi connectivity index (χ2v) is 7.99. The Morgan fingerprint density at radius 3 is 2.70 bits per heavy atom. The van der Waals surface area contributed by atoms with Crippen molar-refractivity contribution in [2.75, 3.05) is 0 Å². The lowest BCUT2D eigenvalue weighted by molar-refractivity contribution is -0.136. The number of ether oxygens (including phenoxy) is 1. The van der Waals surface area contributed by atoms with Gasteiger partial charge in [0.05, 0.1) is 18.5 Å². The molecule has 1 aromatic heterocycles. The van der Waals surface area contributed by atoms with E-state index in [4.69, 9.17) is 9.84 Å². The zero-order valence-corrected chi connectivity index (χ0v) is 17.6. The fourth-order valence-corrected chi connectivity index (χ4v) is 4.02. The van der Waals surface area contributed by atoms with E-state index in [1.807, 2.05) is 12.1 Å². The first-order valence-corrected chi connectivity index (χ1v) is 10.5. The smallest absolute Gasteiger partial charge is 0.255 e. The number of benzene rings is 2. The van der Waals surface area contributed by atoms with Crippen molar-refractivity contribution in [2.45, 2.75) is 38.6 Å². The summed E-state index contributed by atoms with van der Waals surface area (Å²) in [6, 6.07) is 11.9. The van der Waals surface area contributed by atoms with Crippen LogP contribution in [0.2, 0.25) is 0 Å². The zero-order valence-electron chi connectivity index (χ0n) is 17.6. The van der Waals surface area contributed by atoms with E-state index in [0.717, 1.165) is 11.1 Å². The third-order valence-corrected chi connectivity index (χ3v) is 5.81. The Morgan fingerprint density at radius 2 is 1.94 bits per heavy atom. The van der Waals surface area contributed by atoms with E-state index in [-0.39, 0.29) is 31.4 Å². The Bertz CT molecular complexity index is 1240. The van der Waals surface area contributed by atoms with Crippen LogP contribution < -0.4 is 10.1 Å². The summed E-state index contributed by atoms with van der Waals surface area (Å²) in [7, 11) is 0. The van der Waals surface area contributed by atoms with Crippen molar-refractivity contribution in [3.8, 4) is 11.4 Å². The van der Waals surface area contributed by atoms with Crippen LogP contribution in [0.25, 0.3) is 5.69 Å². The molecule has 3 amide bonds. The summed E-state index contributed by atoms with van der Waals surface area (Å²) >= 11 is 0. The molecule has 33 heavy (non-hydrogen) atoms. The van der Waals surface area contributed by atoms with Crippen LogP contribution >= 0.6 is 0 Å². The Kier molecular flexibility index (Phi) is 5.35. The number of imide groups is 1. The van der Waals surface area contributed by atoms with Gasteiger partial charge >= 0.3 is 0 Å². The van der Waals surface area contributed by atoms with Crippen molar-refractivity contribution < 1.29 is 24.2 Å². The molecule has 168 valence electrons. The number of nitrogens with one attached hydrogen (secondary N) is 1. The number of aliphatic hydroxyl groups is 1. The average molecular weight is 447 g/mol. The predicted molar refractivity (Wildman–Crippen MR) is 114 cm³/mol. The quantitative estimate of drug-likeness (QED) is 0.542. The van der Waals surface area contributed by atoms with Gasteiger partial charge in [0, 0.05) is 18.5 Å². The van der Waals surface area contributed by atoms with Crippen molar-refractivity contribution in [3.05, 3.63) is 71.0 Å². The average Bonchev–Trinajstić information content (AvgIpc) is 3.43. The summed E-state index contributed by atoms with van der Waals surface area (Å²) in [4.78, 5) is 38.1. The van der Waals surface area contributed by atoms with E-state index >= 15 is 0 Å². The van der Waals surface area contributed by atoms with Crippen LogP contribution in [0.3, 0.4) is 0 Å². The molecular formula is C23H21N5O5. The number of carbonyl (C=O) groups excluding carboxylic acids is 3. The van der Waals surface area contributed by atoms with Gasteiger partial charge in [-0.1, -0.05) is 23.4 Å². The zero-order chi connectivity index (χ0) is 22.9. The molecule has 1 fully saturated rings. The maximum absolute atomic E-state index is 13.0. The van der Waals surface area contributed by atoms with Gasteiger partial charge < -0.3 is 14.7 Å². The standard InChI is InChI=1S/C23H21N5O5/c29-12-14-1-5-18(6-2-14)33-13-16-11-28(26-25-16)17-4-3-15-10-27(23(32)19(15)9-17)20-7-8-21(30)24-22(20)31/h1-6,9,11,20,29H,7-8,10,12-13H2,(H,24,30,31). The molecule has 5 rings (SSSR count). The van der Waals surface area contributed by atoms with Gasteiger partial charge in [-0.3, -0.25) is 19.7 Å². The molecule has 10 nitrogen and oxygen atoms in total. The number of hydrogen-bond donors (Lipinski definition) is 2. The summed E-state index contributed by atoms with van der Waals surface area (Å²) in [6.45, 7) is 0.515. The fraction of sp³-hybridized carbons (Fsp3) is 0.261. The van der Waals surface area contributed by atoms with E-state index in [9.17, 15) is 14.4 Å². The molecule has 0 bridgehead atoms. The second kappa shape index (κ2) is 8.47. The molecule has 1 unspecified atom stereocenters. The third kappa shape index (κ3) is 4.08. The molecule has 2 aliphatic heterocycles. The molecule has 10 heteroatoms. The number of hydrogen-bond acceptors (Lipinski definition) is 7. The van der Waals surface area contributed by atoms with Crippen LogP contribution in [-0.2, 0) is 29.3 Å². The minimum atomic E-state index is -0.646. The lowest BCUT2D eigenvalue weighted by atomic mass is 10.0. The van der Waals surface area contributed by atoms with E-state index in [0.29, 0.717) is 35.7 Å². The molecule has 2 aliphatic rings. The number of piperidine rings is 1. The Labute approximate surface area is 188 Å². The number of aliphatic hydroxyl groups excluding tert-OH is 1. The van der Waals surface area contributed by atoms with E-state index in [1.54, 1.807) is 41.2 Å². The third-order valence-electron chi connectivity index (χ3n) is 5.81. The van der Waals surface area contributed by atoms with Crippen molar-refractivity contribution in [1.82, 2.24) is 25.2 Å². The Morgan fingerprint density at radius 1 is 1.12 bits per heavy atom. The molecule has 1 atom stereocenters. The highest BCUT2D eigenvalue weighted by atomic mass is 16.5. The molecule has 2 N–H and O–H groups in total. The monoisotopic (exact) mass is 447 g/mol. The van der Waals surface area contributed by atoms with Gasteiger partial charge in [0.1, 0.15) is 24.1 Å². The van der Waals surface area contributed by atoms with Crippen LogP contribution in [0.5, 0.6) is 5.75 Å². The first kappa shape index (κ1) is 20.8. The van der Waals surface area contributed by atoms with Gasteiger partial charge in [-0.2, -0.15) is 0 Å². The number of carbonyl (C=O) groups is 3. The number of fused-ring (bicyclic) bond motifs is 1. The van der Waals surface area contributed by atoms with Crippen LogP contribution in [-0.4, -0.2) is 48.8 Å². The summed E-state index contributed by atoms with van der Waals surface area (Å²) in [5.41, 5.74) is 3.41. The minimum absolute atomic E-state index is 0.0246. The highest BCUT2D eigenvalue weighted by molar-refractivity contribution is 6.05. The molecule has 0 aliphatic carbocycles. The van der Waals surface area contributed by atoms with E-state index < -0.39 is 11.9 Å². The summed E-state index contributed by atoms with van der Waals surface area (Å²) in [5.74, 6) is -0.329. The maximum atomic E-state index is 13.0. The topological polar surface area (TPSA) is 127 Å². The van der Waals surface area contributed by atoms with E-state index in [1.165, 1.54) is 4.90 Å². The fourth-order valence-electron chi connectivity index (χ4n) is 4.02. The minimum Gasteiger partial charge on any atom is -0.487 e. The van der Waals surface area contributed by atoms with Crippen molar-refractivity contribution in [2.24, 2.45) is 0 Å². The first-order chi connectivity index (χ1) is 16.0. The van der Waals surface area contributed by atoms with Crippen LogP contribution in [0, 0.1) is 0 Å². The lowest BCUT2D eigenvalue weighted by Gasteiger charge is -2.29. The van der Waals surface area contributed by atoms with Gasteiger partial charge in [-0.25, -0.2) is 4.68 Å². The largest absolute Gasteiger partial charge is 0.487 e. The van der Waals surface area contributed by atoms with Crippen LogP contribution in [0.4, 0.5) is 0 Å². The summed E-state index contributed by atoms with van der Waals surface area (Å²) < 4.78 is 7.28. The highest BCUT2D eigenvalue weighted by Gasteiger charge is 2.39. The highest BCUT2D eigenvalue weighted by Crippen LogP contribution is 2.29. The van der Waals surface area contributed by atoms with Gasteiger partial charge in [0.2, 0.25) is 11.8 Å². The molecule has 0 radical (unpaired) electrons. The molecule has 2 aromatic carbocycles. The maximum Gasteiger partial charge on any atom is 0.255 e. The molecule has 0 saturated carbocycles. The van der Waals surface area contributed by atoms with Crippen LogP contribution in [0.1, 0.15) is 40.0 Å². The Balaban J connectivity index is 1.28. The summed E-state index contributed by atoms with van der Waals surface area (Å²) in [6.07, 6.45) is 2.27. The SMILES string of the molecule is O=C1CCC(N2Cc3ccc(-n4cc(COc5ccc(CO)cc5)nn4)cc3C2=O)C(=O)N1. The van der Waals surface area contributed by atoms with E-state index in [2.05, 4.69) is 15.6 Å². The van der Waals surface area contributed by atoms with Crippen LogP contribution in [0.15, 0.2) is 48.7 Å². The number of rotatable bonds is 6. The van der Waals surface area contributed by atoms with Gasteiger partial charge in [-0.15, -0.1) is 5.10 Å². The van der Waals surface area contributed by atoms with Crippen molar-refractivity contribution in [3.63, 3.8) is 0 Å². The van der Waals surface area contributed by atoms with Crippen molar-refractivity contribution in [1.29, 1.82) is 0 Å².